The molecule has 0 spiro atoms. The Labute approximate surface area is 144 Å². The molecule has 3 amide bonds. The third kappa shape index (κ3) is 4.20. The van der Waals surface area contributed by atoms with Crippen LogP contribution in [0.15, 0.2) is 48.8 Å². The molecule has 0 radical (unpaired) electrons. The van der Waals surface area contributed by atoms with Crippen molar-refractivity contribution in [2.24, 2.45) is 0 Å². The van der Waals surface area contributed by atoms with Gasteiger partial charge in [0.2, 0.25) is 17.7 Å². The number of hydrogen-bond acceptors (Lipinski definition) is 4. The fraction of sp³-hybridized carbons (Fsp3) is 0.222. The zero-order valence-corrected chi connectivity index (χ0v) is 13.5. The molecule has 1 atom stereocenters. The van der Waals surface area contributed by atoms with E-state index in [1.165, 1.54) is 0 Å². The third-order valence-electron chi connectivity index (χ3n) is 3.91. The SMILES string of the molecule is O=C(CCNC(=O)[C@H]1CC(=O)Nc2ccccc21)Nc1cccnc1. The fourth-order valence-corrected chi connectivity index (χ4v) is 2.73. The molecule has 0 unspecified atom stereocenters. The van der Waals surface area contributed by atoms with E-state index in [1.807, 2.05) is 18.2 Å². The van der Waals surface area contributed by atoms with Crippen LogP contribution in [0.3, 0.4) is 0 Å². The lowest BCUT2D eigenvalue weighted by Gasteiger charge is -2.24. The minimum atomic E-state index is -0.536. The lowest BCUT2D eigenvalue weighted by atomic mass is 9.90. The standard InChI is InChI=1S/C18H18N4O3/c23-16(21-12-4-3-8-19-11-12)7-9-20-18(25)14-10-17(24)22-15-6-2-1-5-13(14)15/h1-6,8,11,14H,7,9-10H2,(H,20,25)(H,21,23)(H,22,24)/t14-/m0/s1. The highest BCUT2D eigenvalue weighted by Gasteiger charge is 2.30. The monoisotopic (exact) mass is 338 g/mol. The molecule has 0 bridgehead atoms. The van der Waals surface area contributed by atoms with E-state index >= 15 is 0 Å². The van der Waals surface area contributed by atoms with Crippen molar-refractivity contribution in [2.45, 2.75) is 18.8 Å². The minimum Gasteiger partial charge on any atom is -0.355 e. The summed E-state index contributed by atoms with van der Waals surface area (Å²) in [5.41, 5.74) is 2.06. The largest absolute Gasteiger partial charge is 0.355 e. The van der Waals surface area contributed by atoms with Crippen molar-refractivity contribution in [1.29, 1.82) is 0 Å². The Morgan fingerprint density at radius 1 is 1.20 bits per heavy atom. The summed E-state index contributed by atoms with van der Waals surface area (Å²) >= 11 is 0. The Hall–Kier alpha value is -3.22. The highest BCUT2D eigenvalue weighted by molar-refractivity contribution is 6.01. The number of benzene rings is 1. The van der Waals surface area contributed by atoms with Gasteiger partial charge < -0.3 is 16.0 Å². The number of nitrogens with one attached hydrogen (secondary N) is 3. The average molecular weight is 338 g/mol. The number of anilines is 2. The second kappa shape index (κ2) is 7.57. The van der Waals surface area contributed by atoms with Gasteiger partial charge in [0, 0.05) is 31.3 Å². The third-order valence-corrected chi connectivity index (χ3v) is 3.91. The van der Waals surface area contributed by atoms with Crippen molar-refractivity contribution in [2.75, 3.05) is 17.2 Å². The number of carbonyl (C=O) groups excluding carboxylic acids is 3. The predicted molar refractivity (Wildman–Crippen MR) is 92.9 cm³/mol. The second-order valence-corrected chi connectivity index (χ2v) is 5.72. The molecule has 25 heavy (non-hydrogen) atoms. The van der Waals surface area contributed by atoms with Crippen LogP contribution in [0.5, 0.6) is 0 Å². The number of amides is 3. The summed E-state index contributed by atoms with van der Waals surface area (Å²) in [7, 11) is 0. The zero-order valence-electron chi connectivity index (χ0n) is 13.5. The van der Waals surface area contributed by atoms with Crippen molar-refractivity contribution < 1.29 is 14.4 Å². The minimum absolute atomic E-state index is 0.102. The van der Waals surface area contributed by atoms with Gasteiger partial charge in [0.15, 0.2) is 0 Å². The normalized spacial score (nSPS) is 15.7. The summed E-state index contributed by atoms with van der Waals surface area (Å²) in [5.74, 6) is -1.19. The number of pyridine rings is 1. The molecule has 1 aliphatic heterocycles. The van der Waals surface area contributed by atoms with E-state index in [0.29, 0.717) is 11.4 Å². The summed E-state index contributed by atoms with van der Waals surface area (Å²) in [6.45, 7) is 0.200. The van der Waals surface area contributed by atoms with E-state index in [-0.39, 0.29) is 37.1 Å². The first-order valence-electron chi connectivity index (χ1n) is 8.00. The van der Waals surface area contributed by atoms with Crippen molar-refractivity contribution in [3.63, 3.8) is 0 Å². The predicted octanol–water partition coefficient (Wildman–Crippen LogP) is 1.65. The molecule has 1 aliphatic rings. The van der Waals surface area contributed by atoms with Crippen LogP contribution in [0.25, 0.3) is 0 Å². The molecule has 1 aromatic carbocycles. The molecule has 7 nitrogen and oxygen atoms in total. The van der Waals surface area contributed by atoms with Crippen LogP contribution in [-0.4, -0.2) is 29.3 Å². The molecule has 0 saturated heterocycles. The van der Waals surface area contributed by atoms with Crippen molar-refractivity contribution >= 4 is 29.1 Å². The lowest BCUT2D eigenvalue weighted by molar-refractivity contribution is -0.126. The van der Waals surface area contributed by atoms with Gasteiger partial charge in [0.25, 0.3) is 0 Å². The summed E-state index contributed by atoms with van der Waals surface area (Å²) < 4.78 is 0. The van der Waals surface area contributed by atoms with E-state index in [2.05, 4.69) is 20.9 Å². The van der Waals surface area contributed by atoms with Gasteiger partial charge in [-0.25, -0.2) is 0 Å². The van der Waals surface area contributed by atoms with Crippen LogP contribution in [0.1, 0.15) is 24.3 Å². The van der Waals surface area contributed by atoms with Crippen LogP contribution < -0.4 is 16.0 Å². The first-order chi connectivity index (χ1) is 12.1. The van der Waals surface area contributed by atoms with Crippen LogP contribution in [0, 0.1) is 0 Å². The Morgan fingerprint density at radius 3 is 2.84 bits per heavy atom. The average Bonchev–Trinajstić information content (AvgIpc) is 2.61. The van der Waals surface area contributed by atoms with E-state index in [4.69, 9.17) is 0 Å². The van der Waals surface area contributed by atoms with Gasteiger partial charge >= 0.3 is 0 Å². The number of rotatable bonds is 5. The van der Waals surface area contributed by atoms with Crippen LogP contribution in [0.4, 0.5) is 11.4 Å². The Bertz CT molecular complexity index is 792. The van der Waals surface area contributed by atoms with Gasteiger partial charge in [0.05, 0.1) is 17.8 Å². The summed E-state index contributed by atoms with van der Waals surface area (Å²) in [5, 5.41) is 8.19. The van der Waals surface area contributed by atoms with Crippen LogP contribution >= 0.6 is 0 Å². The molecule has 1 aromatic heterocycles. The van der Waals surface area contributed by atoms with Crippen LogP contribution in [-0.2, 0) is 14.4 Å². The molecule has 2 aromatic rings. The maximum absolute atomic E-state index is 12.4. The highest BCUT2D eigenvalue weighted by atomic mass is 16.2. The lowest BCUT2D eigenvalue weighted by Crippen LogP contribution is -2.36. The zero-order chi connectivity index (χ0) is 17.6. The number of fused-ring (bicyclic) bond motifs is 1. The van der Waals surface area contributed by atoms with Crippen molar-refractivity contribution in [3.8, 4) is 0 Å². The maximum atomic E-state index is 12.4. The Balaban J connectivity index is 1.53. The van der Waals surface area contributed by atoms with E-state index in [0.717, 1.165) is 5.56 Å². The van der Waals surface area contributed by atoms with Gasteiger partial charge in [-0.1, -0.05) is 18.2 Å². The fourth-order valence-electron chi connectivity index (χ4n) is 2.73. The van der Waals surface area contributed by atoms with Gasteiger partial charge in [0.1, 0.15) is 0 Å². The van der Waals surface area contributed by atoms with Crippen molar-refractivity contribution in [3.05, 3.63) is 54.4 Å². The number of carbonyl (C=O) groups is 3. The van der Waals surface area contributed by atoms with E-state index in [9.17, 15) is 14.4 Å². The second-order valence-electron chi connectivity index (χ2n) is 5.72. The molecule has 3 rings (SSSR count). The summed E-state index contributed by atoms with van der Waals surface area (Å²) in [6, 6.07) is 10.7. The maximum Gasteiger partial charge on any atom is 0.228 e. The number of hydrogen-bond donors (Lipinski definition) is 3. The van der Waals surface area contributed by atoms with E-state index in [1.54, 1.807) is 30.6 Å². The summed E-state index contributed by atoms with van der Waals surface area (Å²) in [6.07, 6.45) is 3.41. The molecule has 2 heterocycles. The molecule has 0 fully saturated rings. The van der Waals surface area contributed by atoms with Crippen molar-refractivity contribution in [1.82, 2.24) is 10.3 Å². The molecule has 128 valence electrons. The highest BCUT2D eigenvalue weighted by Crippen LogP contribution is 2.31. The first kappa shape index (κ1) is 16.6. The van der Waals surface area contributed by atoms with Crippen LogP contribution in [0.2, 0.25) is 0 Å². The molecule has 0 aliphatic carbocycles. The number of nitrogens with zero attached hydrogens (tertiary/aromatic N) is 1. The first-order valence-corrected chi connectivity index (χ1v) is 8.00. The van der Waals surface area contributed by atoms with E-state index < -0.39 is 5.92 Å². The smallest absolute Gasteiger partial charge is 0.228 e. The molecular formula is C18H18N4O3. The van der Waals surface area contributed by atoms with Gasteiger partial charge in [-0.3, -0.25) is 19.4 Å². The Morgan fingerprint density at radius 2 is 2.04 bits per heavy atom. The molecule has 0 saturated carbocycles. The van der Waals surface area contributed by atoms with Gasteiger partial charge in [-0.15, -0.1) is 0 Å². The topological polar surface area (TPSA) is 100 Å². The summed E-state index contributed by atoms with van der Waals surface area (Å²) in [4.78, 5) is 40.0. The van der Waals surface area contributed by atoms with Gasteiger partial charge in [-0.2, -0.15) is 0 Å². The number of para-hydroxylation sites is 1. The van der Waals surface area contributed by atoms with Gasteiger partial charge in [-0.05, 0) is 23.8 Å². The molecule has 3 N–H and O–H groups in total. The molecular weight excluding hydrogens is 320 g/mol. The number of aromatic nitrogens is 1. The molecule has 7 heteroatoms. The Kier molecular flexibility index (Phi) is 5.03. The quantitative estimate of drug-likeness (QED) is 0.772.